The standard InChI is InChI=1S/C12H22.C8H16.C2H6/c1-2-6-12-8-4-3-7-11(5-1)9-10-12;1-2-4-6-8-7-5-3-1;1-2/h11-12H,1-10H2;1-8H2;1-2H3. The zero-order valence-electron chi connectivity index (χ0n) is 15.9. The van der Waals surface area contributed by atoms with Crippen LogP contribution in [0, 0.1) is 11.8 Å². The molecule has 2 bridgehead atoms. The van der Waals surface area contributed by atoms with Crippen molar-refractivity contribution in [1.29, 1.82) is 0 Å². The lowest BCUT2D eigenvalue weighted by Crippen LogP contribution is -2.13. The largest absolute Gasteiger partial charge is 0.0683 e. The molecule has 0 atom stereocenters. The maximum atomic E-state index is 2.00. The van der Waals surface area contributed by atoms with Crippen molar-refractivity contribution < 1.29 is 0 Å². The highest BCUT2D eigenvalue weighted by Gasteiger charge is 2.19. The van der Waals surface area contributed by atoms with Gasteiger partial charge in [-0.3, -0.25) is 0 Å². The highest BCUT2D eigenvalue weighted by molar-refractivity contribution is 4.72. The summed E-state index contributed by atoms with van der Waals surface area (Å²) >= 11 is 0. The molecule has 0 aliphatic heterocycles. The van der Waals surface area contributed by atoms with Gasteiger partial charge in [0.05, 0.1) is 0 Å². The van der Waals surface area contributed by atoms with Crippen molar-refractivity contribution in [1.82, 2.24) is 0 Å². The second-order valence-electron chi connectivity index (χ2n) is 7.71. The van der Waals surface area contributed by atoms with Gasteiger partial charge in [0.25, 0.3) is 0 Å². The van der Waals surface area contributed by atoms with Crippen LogP contribution in [0.15, 0.2) is 0 Å². The Hall–Kier alpha value is 0. The average molecular weight is 309 g/mol. The highest BCUT2D eigenvalue weighted by Crippen LogP contribution is 2.34. The van der Waals surface area contributed by atoms with Crippen molar-refractivity contribution in [3.63, 3.8) is 0 Å². The Labute approximate surface area is 141 Å². The molecule has 0 heterocycles. The van der Waals surface area contributed by atoms with Crippen LogP contribution in [0.2, 0.25) is 0 Å². The molecular formula is C22H44. The molecule has 3 saturated carbocycles. The van der Waals surface area contributed by atoms with Crippen LogP contribution in [-0.2, 0) is 0 Å². The normalized spacial score (nSPS) is 29.7. The molecule has 0 aromatic heterocycles. The van der Waals surface area contributed by atoms with Gasteiger partial charge in [0.15, 0.2) is 0 Å². The third-order valence-corrected chi connectivity index (χ3v) is 5.93. The third kappa shape index (κ3) is 9.90. The fraction of sp³-hybridized carbons (Fsp3) is 1.00. The zero-order chi connectivity index (χ0) is 15.9. The molecule has 0 spiro atoms. The highest BCUT2D eigenvalue weighted by atomic mass is 14.2. The second-order valence-corrected chi connectivity index (χ2v) is 7.71. The SMILES string of the molecule is C1CCC2CCCCC(C1)CC2.C1CCCCCCC1.CC. The van der Waals surface area contributed by atoms with E-state index in [-0.39, 0.29) is 0 Å². The fourth-order valence-electron chi connectivity index (χ4n) is 4.48. The molecule has 3 rings (SSSR count). The van der Waals surface area contributed by atoms with E-state index in [2.05, 4.69) is 0 Å². The summed E-state index contributed by atoms with van der Waals surface area (Å²) < 4.78 is 0. The van der Waals surface area contributed by atoms with Crippen molar-refractivity contribution in [2.75, 3.05) is 0 Å². The Kier molecular flexibility index (Phi) is 13.3. The summed E-state index contributed by atoms with van der Waals surface area (Å²) in [6.45, 7) is 4.00. The van der Waals surface area contributed by atoms with Crippen molar-refractivity contribution in [3.05, 3.63) is 0 Å². The molecule has 3 fully saturated rings. The molecule has 22 heavy (non-hydrogen) atoms. The molecule has 3 aliphatic carbocycles. The summed E-state index contributed by atoms with van der Waals surface area (Å²) in [5.41, 5.74) is 0. The van der Waals surface area contributed by atoms with Crippen LogP contribution in [0.25, 0.3) is 0 Å². The van der Waals surface area contributed by atoms with Crippen molar-refractivity contribution in [2.45, 2.75) is 129 Å². The van der Waals surface area contributed by atoms with Crippen molar-refractivity contribution in [3.8, 4) is 0 Å². The summed E-state index contributed by atoms with van der Waals surface area (Å²) in [6, 6.07) is 0. The van der Waals surface area contributed by atoms with Gasteiger partial charge in [0.2, 0.25) is 0 Å². The van der Waals surface area contributed by atoms with Crippen LogP contribution < -0.4 is 0 Å². The first-order valence-corrected chi connectivity index (χ1v) is 10.9. The topological polar surface area (TPSA) is 0 Å². The van der Waals surface area contributed by atoms with E-state index in [0.717, 1.165) is 11.8 Å². The average Bonchev–Trinajstić information content (AvgIpc) is 2.48. The minimum atomic E-state index is 1.12. The monoisotopic (exact) mass is 308 g/mol. The molecule has 0 nitrogen and oxygen atoms in total. The van der Waals surface area contributed by atoms with Crippen molar-refractivity contribution >= 4 is 0 Å². The summed E-state index contributed by atoms with van der Waals surface area (Å²) in [5, 5.41) is 0. The van der Waals surface area contributed by atoms with Gasteiger partial charge in [-0.2, -0.15) is 0 Å². The summed E-state index contributed by atoms with van der Waals surface area (Å²) in [6.07, 6.45) is 27.4. The van der Waals surface area contributed by atoms with E-state index in [1.807, 2.05) is 13.8 Å². The van der Waals surface area contributed by atoms with Crippen LogP contribution in [0.1, 0.15) is 129 Å². The maximum Gasteiger partial charge on any atom is -0.0414 e. The molecule has 0 amide bonds. The van der Waals surface area contributed by atoms with Gasteiger partial charge in [-0.25, -0.2) is 0 Å². The Morgan fingerprint density at radius 1 is 0.318 bits per heavy atom. The first-order valence-electron chi connectivity index (χ1n) is 10.9. The van der Waals surface area contributed by atoms with Crippen LogP contribution in [0.5, 0.6) is 0 Å². The number of fused-ring (bicyclic) bond motifs is 3. The second kappa shape index (κ2) is 14.6. The quantitative estimate of drug-likeness (QED) is 0.422. The molecule has 0 radical (unpaired) electrons. The van der Waals surface area contributed by atoms with Gasteiger partial charge >= 0.3 is 0 Å². The Morgan fingerprint density at radius 3 is 0.773 bits per heavy atom. The third-order valence-electron chi connectivity index (χ3n) is 5.93. The lowest BCUT2D eigenvalue weighted by atomic mass is 9.78. The zero-order valence-corrected chi connectivity index (χ0v) is 15.9. The van der Waals surface area contributed by atoms with Crippen LogP contribution in [0.4, 0.5) is 0 Å². The lowest BCUT2D eigenvalue weighted by molar-refractivity contribution is 0.254. The summed E-state index contributed by atoms with van der Waals surface area (Å²) in [4.78, 5) is 0. The Morgan fingerprint density at radius 2 is 0.545 bits per heavy atom. The number of rotatable bonds is 0. The Bertz CT molecular complexity index is 168. The van der Waals surface area contributed by atoms with Gasteiger partial charge in [-0.15, -0.1) is 0 Å². The van der Waals surface area contributed by atoms with Gasteiger partial charge in [-0.05, 0) is 11.8 Å². The maximum absolute atomic E-state index is 2.00. The molecule has 0 saturated heterocycles. The first kappa shape index (κ1) is 20.0. The van der Waals surface area contributed by atoms with E-state index >= 15 is 0 Å². The van der Waals surface area contributed by atoms with E-state index in [1.165, 1.54) is 77.0 Å². The summed E-state index contributed by atoms with van der Waals surface area (Å²) in [5.74, 6) is 2.24. The lowest BCUT2D eigenvalue weighted by Gasteiger charge is -2.28. The predicted octanol–water partition coefficient (Wildman–Crippen LogP) is 8.29. The van der Waals surface area contributed by atoms with E-state index in [0.29, 0.717) is 0 Å². The fourth-order valence-corrected chi connectivity index (χ4v) is 4.48. The van der Waals surface area contributed by atoms with E-state index < -0.39 is 0 Å². The van der Waals surface area contributed by atoms with E-state index in [1.54, 1.807) is 38.5 Å². The van der Waals surface area contributed by atoms with E-state index in [9.17, 15) is 0 Å². The minimum absolute atomic E-state index is 1.12. The molecule has 0 heteroatoms. The molecule has 0 unspecified atom stereocenters. The van der Waals surface area contributed by atoms with Gasteiger partial charge in [0, 0.05) is 0 Å². The van der Waals surface area contributed by atoms with Gasteiger partial charge in [0.1, 0.15) is 0 Å². The van der Waals surface area contributed by atoms with Gasteiger partial charge < -0.3 is 0 Å². The number of hydrogen-bond donors (Lipinski definition) is 0. The van der Waals surface area contributed by atoms with E-state index in [4.69, 9.17) is 0 Å². The molecular weight excluding hydrogens is 264 g/mol. The first-order chi connectivity index (χ1) is 10.9. The molecule has 3 aliphatic rings. The molecule has 0 aromatic carbocycles. The minimum Gasteiger partial charge on any atom is -0.0683 e. The molecule has 132 valence electrons. The van der Waals surface area contributed by atoms with Gasteiger partial charge in [-0.1, -0.05) is 129 Å². The smallest absolute Gasteiger partial charge is 0.0414 e. The van der Waals surface area contributed by atoms with Crippen LogP contribution >= 0.6 is 0 Å². The predicted molar refractivity (Wildman–Crippen MR) is 101 cm³/mol. The number of hydrogen-bond acceptors (Lipinski definition) is 0. The molecule has 0 aromatic rings. The van der Waals surface area contributed by atoms with Crippen molar-refractivity contribution in [2.24, 2.45) is 11.8 Å². The summed E-state index contributed by atoms with van der Waals surface area (Å²) in [7, 11) is 0. The van der Waals surface area contributed by atoms with Crippen LogP contribution in [-0.4, -0.2) is 0 Å². The Balaban J connectivity index is 0.000000211. The van der Waals surface area contributed by atoms with Crippen LogP contribution in [0.3, 0.4) is 0 Å². The molecule has 0 N–H and O–H groups in total.